The summed E-state index contributed by atoms with van der Waals surface area (Å²) >= 11 is 8.34. The largest absolute Gasteiger partial charge is 0.496 e. The van der Waals surface area contributed by atoms with Gasteiger partial charge in [0.05, 0.1) is 11.6 Å². The Morgan fingerprint density at radius 1 is 1.58 bits per heavy atom. The Morgan fingerprint density at radius 2 is 2.32 bits per heavy atom. The zero-order valence-electron chi connectivity index (χ0n) is 10.2. The topological polar surface area (TPSA) is 71.9 Å². The zero-order valence-corrected chi connectivity index (χ0v) is 12.6. The Balaban J connectivity index is 2.26. The molecule has 0 saturated heterocycles. The lowest BCUT2D eigenvalue weighted by Gasteiger charge is -2.08. The second kappa shape index (κ2) is 5.54. The number of H-pyrrole nitrogens is 1. The predicted octanol–water partition coefficient (Wildman–Crippen LogP) is 2.40. The van der Waals surface area contributed by atoms with E-state index in [0.717, 1.165) is 0 Å². The molecule has 1 amide bonds. The molecule has 0 aliphatic carbocycles. The van der Waals surface area contributed by atoms with Crippen LogP contribution in [0.4, 0.5) is 0 Å². The maximum atomic E-state index is 12.1. The summed E-state index contributed by atoms with van der Waals surface area (Å²) in [5.41, 5.74) is 3.14. The van der Waals surface area contributed by atoms with E-state index in [-0.39, 0.29) is 5.91 Å². The highest BCUT2D eigenvalue weighted by atomic mass is 79.9. The zero-order chi connectivity index (χ0) is 14.0. The number of carbonyl (C=O) groups is 1. The van der Waals surface area contributed by atoms with Gasteiger partial charge < -0.3 is 4.74 Å². The van der Waals surface area contributed by atoms with E-state index in [0.29, 0.717) is 26.4 Å². The van der Waals surface area contributed by atoms with Crippen LogP contribution in [0.15, 0.2) is 22.7 Å². The van der Waals surface area contributed by atoms with E-state index in [4.69, 9.17) is 17.0 Å². The van der Waals surface area contributed by atoms with Crippen LogP contribution in [0.3, 0.4) is 0 Å². The average molecular weight is 343 g/mol. The van der Waals surface area contributed by atoms with Crippen LogP contribution in [0.25, 0.3) is 0 Å². The third-order valence-corrected chi connectivity index (χ3v) is 3.36. The molecule has 8 heteroatoms. The number of methoxy groups -OCH3 is 1. The molecule has 0 spiro atoms. The van der Waals surface area contributed by atoms with Gasteiger partial charge in [-0.1, -0.05) is 0 Å². The normalized spacial score (nSPS) is 10.3. The second-order valence-corrected chi connectivity index (χ2v) is 4.94. The molecule has 0 unspecified atom stereocenters. The number of rotatable bonds is 3. The van der Waals surface area contributed by atoms with Gasteiger partial charge in [-0.3, -0.25) is 15.3 Å². The van der Waals surface area contributed by atoms with E-state index >= 15 is 0 Å². The third kappa shape index (κ3) is 2.85. The van der Waals surface area contributed by atoms with E-state index < -0.39 is 0 Å². The molecule has 100 valence electrons. The molecule has 0 bridgehead atoms. The summed E-state index contributed by atoms with van der Waals surface area (Å²) in [6.45, 7) is 1.73. The first-order valence-corrected chi connectivity index (χ1v) is 6.52. The Kier molecular flexibility index (Phi) is 4.01. The van der Waals surface area contributed by atoms with E-state index in [9.17, 15) is 4.79 Å². The number of aryl methyl sites for hydroxylation is 1. The molecule has 2 N–H and O–H groups in total. The van der Waals surface area contributed by atoms with Gasteiger partial charge in [-0.05, 0) is 53.3 Å². The minimum absolute atomic E-state index is 0.288. The molecule has 0 saturated carbocycles. The summed E-state index contributed by atoms with van der Waals surface area (Å²) in [6, 6.07) is 5.05. The van der Waals surface area contributed by atoms with Crippen LogP contribution in [-0.4, -0.2) is 27.9 Å². The van der Waals surface area contributed by atoms with Gasteiger partial charge in [-0.2, -0.15) is 5.10 Å². The van der Waals surface area contributed by atoms with Crippen molar-refractivity contribution in [3.8, 4) is 5.75 Å². The van der Waals surface area contributed by atoms with Gasteiger partial charge in [-0.15, -0.1) is 0 Å². The highest BCUT2D eigenvalue weighted by Gasteiger charge is 2.11. The number of halogens is 1. The number of ether oxygens (including phenoxy) is 1. The molecule has 1 heterocycles. The number of benzene rings is 1. The predicted molar refractivity (Wildman–Crippen MR) is 76.5 cm³/mol. The van der Waals surface area contributed by atoms with Crippen molar-refractivity contribution in [3.63, 3.8) is 0 Å². The fourth-order valence-corrected chi connectivity index (χ4v) is 2.25. The molecule has 0 aliphatic rings. The molecule has 2 aromatic rings. The lowest BCUT2D eigenvalue weighted by atomic mass is 10.2. The molecule has 19 heavy (non-hydrogen) atoms. The molecule has 2 rings (SSSR count). The molecule has 0 aliphatic heterocycles. The number of hydrogen-bond acceptors (Lipinski definition) is 4. The first kappa shape index (κ1) is 13.8. The van der Waals surface area contributed by atoms with E-state index in [1.165, 1.54) is 4.68 Å². The molecule has 6 nitrogen and oxygen atoms in total. The maximum absolute atomic E-state index is 12.1. The first-order valence-electron chi connectivity index (χ1n) is 5.32. The van der Waals surface area contributed by atoms with Gasteiger partial charge in [0.2, 0.25) is 4.77 Å². The molecular formula is C11H11BrN4O2S. The Bertz CT molecular complexity index is 680. The third-order valence-electron chi connectivity index (χ3n) is 2.47. The molecular weight excluding hydrogens is 332 g/mol. The smallest absolute Gasteiger partial charge is 0.270 e. The molecule has 1 aromatic carbocycles. The van der Waals surface area contributed by atoms with Gasteiger partial charge in [0.25, 0.3) is 5.91 Å². The SMILES string of the molecule is COc1ccc(C(=O)Nn2c(C)n[nH]c2=S)cc1Br. The number of amides is 1. The number of aromatic nitrogens is 3. The summed E-state index contributed by atoms with van der Waals surface area (Å²) in [4.78, 5) is 12.1. The monoisotopic (exact) mass is 342 g/mol. The number of carbonyl (C=O) groups excluding carboxylic acids is 1. The van der Waals surface area contributed by atoms with Gasteiger partial charge in [0, 0.05) is 5.56 Å². The lowest BCUT2D eigenvalue weighted by Crippen LogP contribution is -2.24. The number of hydrogen-bond donors (Lipinski definition) is 2. The summed E-state index contributed by atoms with van der Waals surface area (Å²) in [6.07, 6.45) is 0. The summed E-state index contributed by atoms with van der Waals surface area (Å²) in [5.74, 6) is 0.947. The lowest BCUT2D eigenvalue weighted by molar-refractivity contribution is 0.101. The Morgan fingerprint density at radius 3 is 2.84 bits per heavy atom. The van der Waals surface area contributed by atoms with Crippen molar-refractivity contribution >= 4 is 34.1 Å². The fourth-order valence-electron chi connectivity index (χ4n) is 1.48. The fraction of sp³-hybridized carbons (Fsp3) is 0.182. The molecule has 0 atom stereocenters. The molecule has 0 fully saturated rings. The van der Waals surface area contributed by atoms with Crippen LogP contribution in [0.1, 0.15) is 16.2 Å². The van der Waals surface area contributed by atoms with Crippen molar-refractivity contribution < 1.29 is 9.53 Å². The van der Waals surface area contributed by atoms with Crippen LogP contribution in [0, 0.1) is 11.7 Å². The summed E-state index contributed by atoms with van der Waals surface area (Å²) < 4.78 is 7.56. The minimum Gasteiger partial charge on any atom is -0.496 e. The van der Waals surface area contributed by atoms with Crippen LogP contribution < -0.4 is 10.2 Å². The summed E-state index contributed by atoms with van der Waals surface area (Å²) in [5, 5.41) is 6.50. The molecule has 1 aromatic heterocycles. The van der Waals surface area contributed by atoms with Gasteiger partial charge in [0.15, 0.2) is 0 Å². The maximum Gasteiger partial charge on any atom is 0.270 e. The Hall–Kier alpha value is -1.67. The average Bonchev–Trinajstić information content (AvgIpc) is 2.70. The first-order chi connectivity index (χ1) is 9.02. The van der Waals surface area contributed by atoms with Gasteiger partial charge >= 0.3 is 0 Å². The number of nitrogens with one attached hydrogen (secondary N) is 2. The van der Waals surface area contributed by atoms with Crippen molar-refractivity contribution in [2.75, 3.05) is 12.5 Å². The highest BCUT2D eigenvalue weighted by molar-refractivity contribution is 9.10. The summed E-state index contributed by atoms with van der Waals surface area (Å²) in [7, 11) is 1.56. The minimum atomic E-state index is -0.288. The van der Waals surface area contributed by atoms with E-state index in [2.05, 4.69) is 31.6 Å². The van der Waals surface area contributed by atoms with Crippen molar-refractivity contribution in [2.45, 2.75) is 6.92 Å². The van der Waals surface area contributed by atoms with E-state index in [1.807, 2.05) is 0 Å². The van der Waals surface area contributed by atoms with Gasteiger partial charge in [-0.25, -0.2) is 4.68 Å². The van der Waals surface area contributed by atoms with Crippen molar-refractivity contribution in [3.05, 3.63) is 38.8 Å². The Labute approximate surface area is 122 Å². The molecule has 0 radical (unpaired) electrons. The number of nitrogens with zero attached hydrogens (tertiary/aromatic N) is 2. The van der Waals surface area contributed by atoms with Crippen molar-refractivity contribution in [1.82, 2.24) is 14.9 Å². The van der Waals surface area contributed by atoms with E-state index in [1.54, 1.807) is 32.2 Å². The quantitative estimate of drug-likeness (QED) is 0.840. The van der Waals surface area contributed by atoms with Crippen molar-refractivity contribution in [2.24, 2.45) is 0 Å². The van der Waals surface area contributed by atoms with Crippen LogP contribution in [-0.2, 0) is 0 Å². The number of aromatic amines is 1. The highest BCUT2D eigenvalue weighted by Crippen LogP contribution is 2.25. The van der Waals surface area contributed by atoms with Crippen LogP contribution >= 0.6 is 28.1 Å². The second-order valence-electron chi connectivity index (χ2n) is 3.70. The van der Waals surface area contributed by atoms with Gasteiger partial charge in [0.1, 0.15) is 11.6 Å². The van der Waals surface area contributed by atoms with Crippen LogP contribution in [0.2, 0.25) is 0 Å². The van der Waals surface area contributed by atoms with Crippen molar-refractivity contribution in [1.29, 1.82) is 0 Å². The standard InChI is InChI=1S/C11H11BrN4O2S/c1-6-13-14-11(19)16(6)15-10(17)7-3-4-9(18-2)8(12)5-7/h3-5H,1-2H3,(H,14,19)(H,15,17). The van der Waals surface area contributed by atoms with Crippen LogP contribution in [0.5, 0.6) is 5.75 Å².